The molecular weight excluding hydrogens is 278 g/mol. The van der Waals surface area contributed by atoms with Crippen LogP contribution in [-0.2, 0) is 0 Å². The summed E-state index contributed by atoms with van der Waals surface area (Å²) in [5.41, 5.74) is 0.823. The molecule has 0 saturated carbocycles. The number of carbonyl (C=O) groups is 1. The fourth-order valence-corrected chi connectivity index (χ4v) is 3.05. The van der Waals surface area contributed by atoms with Gasteiger partial charge in [-0.25, -0.2) is 9.97 Å². The third-order valence-corrected chi connectivity index (χ3v) is 4.14. The molecule has 20 heavy (non-hydrogen) atoms. The zero-order valence-corrected chi connectivity index (χ0v) is 12.5. The number of thiophene rings is 1. The van der Waals surface area contributed by atoms with Crippen molar-refractivity contribution in [2.75, 3.05) is 26.8 Å². The number of carbonyl (C=O) groups excluding carboxylic acids is 1. The Labute approximate surface area is 121 Å². The van der Waals surface area contributed by atoms with Crippen LogP contribution in [0.1, 0.15) is 22.2 Å². The summed E-state index contributed by atoms with van der Waals surface area (Å²) < 4.78 is 5.49. The first-order chi connectivity index (χ1) is 9.60. The SMILES string of the molecule is CCOc1ncnc2sc(C(=O)N(C)CCO)c(C)c12. The van der Waals surface area contributed by atoms with Gasteiger partial charge in [-0.2, -0.15) is 0 Å². The molecule has 7 heteroatoms. The van der Waals surface area contributed by atoms with Gasteiger partial charge in [0.1, 0.15) is 11.2 Å². The summed E-state index contributed by atoms with van der Waals surface area (Å²) in [5, 5.41) is 9.71. The van der Waals surface area contributed by atoms with Crippen LogP contribution < -0.4 is 4.74 Å². The van der Waals surface area contributed by atoms with Gasteiger partial charge in [0.05, 0.1) is 23.5 Å². The zero-order valence-electron chi connectivity index (χ0n) is 11.7. The van der Waals surface area contributed by atoms with Crippen molar-refractivity contribution in [2.45, 2.75) is 13.8 Å². The van der Waals surface area contributed by atoms with Crippen LogP contribution >= 0.6 is 11.3 Å². The fourth-order valence-electron chi connectivity index (χ4n) is 1.91. The van der Waals surface area contributed by atoms with Gasteiger partial charge in [-0.1, -0.05) is 0 Å². The van der Waals surface area contributed by atoms with Crippen LogP contribution in [0.5, 0.6) is 5.88 Å². The van der Waals surface area contributed by atoms with Crippen molar-refractivity contribution in [3.05, 3.63) is 16.8 Å². The van der Waals surface area contributed by atoms with Crippen molar-refractivity contribution in [1.29, 1.82) is 0 Å². The molecule has 0 fully saturated rings. The molecule has 2 rings (SSSR count). The van der Waals surface area contributed by atoms with Gasteiger partial charge in [0.2, 0.25) is 5.88 Å². The van der Waals surface area contributed by atoms with Gasteiger partial charge in [0.15, 0.2) is 0 Å². The molecule has 0 bridgehead atoms. The maximum atomic E-state index is 12.3. The minimum absolute atomic E-state index is 0.0593. The van der Waals surface area contributed by atoms with E-state index in [2.05, 4.69) is 9.97 Å². The third-order valence-electron chi connectivity index (χ3n) is 2.95. The Bertz CT molecular complexity index is 627. The number of hydrogen-bond acceptors (Lipinski definition) is 6. The summed E-state index contributed by atoms with van der Waals surface area (Å²) >= 11 is 1.32. The van der Waals surface area contributed by atoms with Crippen LogP contribution in [0.4, 0.5) is 0 Å². The molecule has 0 atom stereocenters. The van der Waals surface area contributed by atoms with Gasteiger partial charge in [0.25, 0.3) is 5.91 Å². The lowest BCUT2D eigenvalue weighted by Gasteiger charge is -2.14. The normalized spacial score (nSPS) is 10.8. The molecule has 0 saturated heterocycles. The smallest absolute Gasteiger partial charge is 0.264 e. The highest BCUT2D eigenvalue weighted by Gasteiger charge is 2.22. The van der Waals surface area contributed by atoms with Crippen LogP contribution in [0.25, 0.3) is 10.2 Å². The molecule has 0 unspecified atom stereocenters. The van der Waals surface area contributed by atoms with Gasteiger partial charge in [-0.3, -0.25) is 4.79 Å². The predicted molar refractivity (Wildman–Crippen MR) is 77.4 cm³/mol. The average Bonchev–Trinajstić information content (AvgIpc) is 2.77. The number of nitrogens with zero attached hydrogens (tertiary/aromatic N) is 3. The summed E-state index contributed by atoms with van der Waals surface area (Å²) in [7, 11) is 1.66. The summed E-state index contributed by atoms with van der Waals surface area (Å²) in [4.78, 5) is 23.5. The van der Waals surface area contributed by atoms with Crippen molar-refractivity contribution >= 4 is 27.5 Å². The van der Waals surface area contributed by atoms with E-state index >= 15 is 0 Å². The van der Waals surface area contributed by atoms with E-state index in [0.717, 1.165) is 15.8 Å². The minimum atomic E-state index is -0.123. The molecule has 2 heterocycles. The number of aromatic nitrogens is 2. The van der Waals surface area contributed by atoms with Crippen LogP contribution in [-0.4, -0.2) is 52.7 Å². The fraction of sp³-hybridized carbons (Fsp3) is 0.462. The van der Waals surface area contributed by atoms with E-state index in [9.17, 15) is 4.79 Å². The number of fused-ring (bicyclic) bond motifs is 1. The van der Waals surface area contributed by atoms with Crippen molar-refractivity contribution in [3.63, 3.8) is 0 Å². The standard InChI is InChI=1S/C13H17N3O3S/c1-4-19-11-9-8(2)10(13(18)16(3)5-6-17)20-12(9)15-7-14-11/h7,17H,4-6H2,1-3H3. The molecule has 6 nitrogen and oxygen atoms in total. The van der Waals surface area contributed by atoms with Crippen molar-refractivity contribution < 1.29 is 14.6 Å². The Morgan fingerprint density at radius 1 is 1.50 bits per heavy atom. The molecule has 0 radical (unpaired) electrons. The van der Waals surface area contributed by atoms with Crippen molar-refractivity contribution in [2.24, 2.45) is 0 Å². The number of ether oxygens (including phenoxy) is 1. The molecule has 2 aromatic heterocycles. The Balaban J connectivity index is 2.48. The van der Waals surface area contributed by atoms with Crippen molar-refractivity contribution in [1.82, 2.24) is 14.9 Å². The molecule has 2 aromatic rings. The molecule has 108 valence electrons. The van der Waals surface area contributed by atoms with Crippen LogP contribution in [0.2, 0.25) is 0 Å². The topological polar surface area (TPSA) is 75.6 Å². The van der Waals surface area contributed by atoms with E-state index in [1.807, 2.05) is 13.8 Å². The summed E-state index contributed by atoms with van der Waals surface area (Å²) in [6.45, 7) is 4.50. The monoisotopic (exact) mass is 295 g/mol. The zero-order chi connectivity index (χ0) is 14.7. The molecule has 0 spiro atoms. The first kappa shape index (κ1) is 14.7. The highest BCUT2D eigenvalue weighted by molar-refractivity contribution is 7.20. The second-order valence-corrected chi connectivity index (χ2v) is 5.30. The van der Waals surface area contributed by atoms with Crippen LogP contribution in [0.15, 0.2) is 6.33 Å². The van der Waals surface area contributed by atoms with Crippen LogP contribution in [0, 0.1) is 6.92 Å². The van der Waals surface area contributed by atoms with E-state index in [0.29, 0.717) is 23.9 Å². The van der Waals surface area contributed by atoms with Gasteiger partial charge in [-0.05, 0) is 19.4 Å². The number of rotatable bonds is 5. The Morgan fingerprint density at radius 3 is 2.90 bits per heavy atom. The van der Waals surface area contributed by atoms with Crippen LogP contribution in [0.3, 0.4) is 0 Å². The molecule has 0 aliphatic carbocycles. The summed E-state index contributed by atoms with van der Waals surface area (Å²) in [5.74, 6) is 0.386. The largest absolute Gasteiger partial charge is 0.477 e. The number of aryl methyl sites for hydroxylation is 1. The maximum absolute atomic E-state index is 12.3. The van der Waals surface area contributed by atoms with E-state index in [-0.39, 0.29) is 12.5 Å². The minimum Gasteiger partial charge on any atom is -0.477 e. The summed E-state index contributed by atoms with van der Waals surface area (Å²) in [6.07, 6.45) is 1.44. The molecule has 1 amide bonds. The molecule has 0 aromatic carbocycles. The average molecular weight is 295 g/mol. The van der Waals surface area contributed by atoms with E-state index in [1.165, 1.54) is 22.6 Å². The molecule has 1 N–H and O–H groups in total. The van der Waals surface area contributed by atoms with Gasteiger partial charge >= 0.3 is 0 Å². The van der Waals surface area contributed by atoms with Crippen molar-refractivity contribution in [3.8, 4) is 5.88 Å². The maximum Gasteiger partial charge on any atom is 0.264 e. The predicted octanol–water partition coefficient (Wildman–Crippen LogP) is 1.46. The Hall–Kier alpha value is -1.73. The quantitative estimate of drug-likeness (QED) is 0.904. The molecule has 0 aliphatic heterocycles. The first-order valence-corrected chi connectivity index (χ1v) is 7.15. The van der Waals surface area contributed by atoms with E-state index in [4.69, 9.17) is 9.84 Å². The Kier molecular flexibility index (Phi) is 4.51. The van der Waals surface area contributed by atoms with Gasteiger partial charge < -0.3 is 14.7 Å². The lowest BCUT2D eigenvalue weighted by Crippen LogP contribution is -2.29. The lowest BCUT2D eigenvalue weighted by atomic mass is 10.2. The van der Waals surface area contributed by atoms with E-state index in [1.54, 1.807) is 7.05 Å². The first-order valence-electron chi connectivity index (χ1n) is 6.33. The van der Waals surface area contributed by atoms with Gasteiger partial charge in [-0.15, -0.1) is 11.3 Å². The van der Waals surface area contributed by atoms with E-state index < -0.39 is 0 Å². The van der Waals surface area contributed by atoms with Gasteiger partial charge in [0, 0.05) is 13.6 Å². The molecular formula is C13H17N3O3S. The number of aliphatic hydroxyl groups is 1. The number of amides is 1. The summed E-state index contributed by atoms with van der Waals surface area (Å²) in [6, 6.07) is 0. The highest BCUT2D eigenvalue weighted by Crippen LogP contribution is 2.34. The second-order valence-electron chi connectivity index (χ2n) is 4.30. The highest BCUT2D eigenvalue weighted by atomic mass is 32.1. The molecule has 0 aliphatic rings. The Morgan fingerprint density at radius 2 is 2.25 bits per heavy atom. The number of likely N-dealkylation sites (N-methyl/N-ethyl adjacent to an activating group) is 1. The second kappa shape index (κ2) is 6.15. The number of hydrogen-bond donors (Lipinski definition) is 1. The lowest BCUT2D eigenvalue weighted by molar-refractivity contribution is 0.0771. The number of aliphatic hydroxyl groups excluding tert-OH is 1. The third kappa shape index (κ3) is 2.59.